The van der Waals surface area contributed by atoms with Crippen LogP contribution in [-0.2, 0) is 6.18 Å². The van der Waals surface area contributed by atoms with Crippen molar-refractivity contribution in [2.75, 3.05) is 5.73 Å². The van der Waals surface area contributed by atoms with Gasteiger partial charge in [0.25, 0.3) is 0 Å². The fourth-order valence-corrected chi connectivity index (χ4v) is 2.24. The number of ketones is 1. The number of anilines is 1. The van der Waals surface area contributed by atoms with E-state index < -0.39 is 17.5 Å². The van der Waals surface area contributed by atoms with Gasteiger partial charge in [-0.15, -0.1) is 0 Å². The minimum atomic E-state index is -4.44. The lowest BCUT2D eigenvalue weighted by Crippen LogP contribution is -2.09. The summed E-state index contributed by atoms with van der Waals surface area (Å²) in [5.41, 5.74) is 5.80. The van der Waals surface area contributed by atoms with Gasteiger partial charge >= 0.3 is 6.18 Å². The Morgan fingerprint density at radius 1 is 1.14 bits per heavy atom. The number of hydrogen-bond acceptors (Lipinski definition) is 2. The maximum absolute atomic E-state index is 12.6. The minimum absolute atomic E-state index is 0.185. The van der Waals surface area contributed by atoms with Crippen LogP contribution in [0.3, 0.4) is 0 Å². The first kappa shape index (κ1) is 15.4. The summed E-state index contributed by atoms with van der Waals surface area (Å²) in [6.07, 6.45) is -4.44. The van der Waals surface area contributed by atoms with Gasteiger partial charge in [0.1, 0.15) is 0 Å². The third-order valence-corrected chi connectivity index (χ3v) is 3.20. The average Bonchev–Trinajstić information content (AvgIpc) is 2.35. The van der Waals surface area contributed by atoms with Crippen molar-refractivity contribution < 1.29 is 18.0 Å². The van der Waals surface area contributed by atoms with Crippen LogP contribution in [0.25, 0.3) is 0 Å². The second kappa shape index (κ2) is 5.41. The third-order valence-electron chi connectivity index (χ3n) is 2.98. The maximum Gasteiger partial charge on any atom is 0.416 e. The predicted molar refractivity (Wildman–Crippen MR) is 75.5 cm³/mol. The highest BCUT2D eigenvalue weighted by molar-refractivity contribution is 6.31. The lowest BCUT2D eigenvalue weighted by molar-refractivity contribution is -0.137. The summed E-state index contributed by atoms with van der Waals surface area (Å²) in [6.45, 7) is 1.45. The molecule has 0 bridgehead atoms. The van der Waals surface area contributed by atoms with Crippen molar-refractivity contribution >= 4 is 23.1 Å². The maximum atomic E-state index is 12.6. The molecule has 110 valence electrons. The SMILES string of the molecule is Cc1cc(C(F)(F)F)ccc1C(=O)c1cc(N)cc(Cl)c1. The smallest absolute Gasteiger partial charge is 0.399 e. The van der Waals surface area contributed by atoms with Gasteiger partial charge in [-0.2, -0.15) is 13.2 Å². The summed E-state index contributed by atoms with van der Waals surface area (Å²) >= 11 is 5.83. The van der Waals surface area contributed by atoms with Gasteiger partial charge in [-0.25, -0.2) is 0 Å². The molecule has 6 heteroatoms. The summed E-state index contributed by atoms with van der Waals surface area (Å²) in [5.74, 6) is -0.421. The second-order valence-electron chi connectivity index (χ2n) is 4.63. The summed E-state index contributed by atoms with van der Waals surface area (Å²) in [4.78, 5) is 12.3. The van der Waals surface area contributed by atoms with Crippen molar-refractivity contribution in [3.8, 4) is 0 Å². The van der Waals surface area contributed by atoms with Crippen molar-refractivity contribution in [1.29, 1.82) is 0 Å². The molecule has 2 aromatic carbocycles. The van der Waals surface area contributed by atoms with Crippen molar-refractivity contribution in [2.24, 2.45) is 0 Å². The number of carbonyl (C=O) groups is 1. The van der Waals surface area contributed by atoms with Gasteiger partial charge in [-0.05, 0) is 42.8 Å². The van der Waals surface area contributed by atoms with E-state index in [1.807, 2.05) is 0 Å². The molecule has 2 nitrogen and oxygen atoms in total. The lowest BCUT2D eigenvalue weighted by Gasteiger charge is -2.11. The quantitative estimate of drug-likeness (QED) is 0.656. The number of carbonyl (C=O) groups excluding carboxylic acids is 1. The van der Waals surface area contributed by atoms with Crippen LogP contribution in [0.5, 0.6) is 0 Å². The van der Waals surface area contributed by atoms with Crippen molar-refractivity contribution in [1.82, 2.24) is 0 Å². The van der Waals surface area contributed by atoms with Gasteiger partial charge in [0.2, 0.25) is 0 Å². The van der Waals surface area contributed by atoms with Gasteiger partial charge in [0.05, 0.1) is 5.56 Å². The first-order chi connectivity index (χ1) is 9.68. The number of nitrogens with two attached hydrogens (primary N) is 1. The Morgan fingerprint density at radius 2 is 1.81 bits per heavy atom. The molecule has 0 aliphatic carbocycles. The van der Waals surface area contributed by atoms with E-state index in [1.165, 1.54) is 25.1 Å². The number of aryl methyl sites for hydroxylation is 1. The highest BCUT2D eigenvalue weighted by Crippen LogP contribution is 2.31. The van der Waals surface area contributed by atoms with Crippen molar-refractivity contribution in [3.63, 3.8) is 0 Å². The molecule has 0 amide bonds. The summed E-state index contributed by atoms with van der Waals surface area (Å²) in [6, 6.07) is 7.34. The van der Waals surface area contributed by atoms with Crippen LogP contribution in [-0.4, -0.2) is 5.78 Å². The van der Waals surface area contributed by atoms with Gasteiger partial charge in [-0.3, -0.25) is 4.79 Å². The molecule has 0 saturated carbocycles. The number of rotatable bonds is 2. The zero-order chi connectivity index (χ0) is 15.8. The molecule has 0 fully saturated rings. The Labute approximate surface area is 124 Å². The molecule has 0 aliphatic heterocycles. The average molecular weight is 314 g/mol. The molecular weight excluding hydrogens is 303 g/mol. The fraction of sp³-hybridized carbons (Fsp3) is 0.133. The Hall–Kier alpha value is -2.01. The second-order valence-corrected chi connectivity index (χ2v) is 5.07. The molecule has 0 saturated heterocycles. The Kier molecular flexibility index (Phi) is 3.96. The van der Waals surface area contributed by atoms with Crippen LogP contribution >= 0.6 is 11.6 Å². The normalized spacial score (nSPS) is 11.5. The molecule has 0 heterocycles. The standard InChI is InChI=1S/C15H11ClF3NO/c1-8-4-10(15(17,18)19)2-3-13(8)14(21)9-5-11(16)7-12(20)6-9/h2-7H,20H2,1H3. The molecule has 0 aliphatic rings. The van der Waals surface area contributed by atoms with Gasteiger partial charge in [0, 0.05) is 21.8 Å². The zero-order valence-corrected chi connectivity index (χ0v) is 11.7. The van der Waals surface area contributed by atoms with E-state index in [1.54, 1.807) is 0 Å². The number of alkyl halides is 3. The number of halogens is 4. The van der Waals surface area contributed by atoms with Crippen molar-refractivity contribution in [2.45, 2.75) is 13.1 Å². The molecule has 0 atom stereocenters. The summed E-state index contributed by atoms with van der Waals surface area (Å²) in [5, 5.41) is 0.294. The van der Waals surface area contributed by atoms with Crippen LogP contribution in [0.2, 0.25) is 5.02 Å². The third kappa shape index (κ3) is 3.36. The molecule has 0 spiro atoms. The zero-order valence-electron chi connectivity index (χ0n) is 11.0. The van der Waals surface area contributed by atoms with E-state index in [0.29, 0.717) is 10.7 Å². The van der Waals surface area contributed by atoms with Crippen LogP contribution in [0.4, 0.5) is 18.9 Å². The van der Waals surface area contributed by atoms with Crippen LogP contribution in [0.1, 0.15) is 27.0 Å². The highest BCUT2D eigenvalue weighted by Gasteiger charge is 2.31. The van der Waals surface area contributed by atoms with E-state index in [0.717, 1.165) is 18.2 Å². The topological polar surface area (TPSA) is 43.1 Å². The van der Waals surface area contributed by atoms with Crippen LogP contribution < -0.4 is 5.73 Å². The molecule has 0 radical (unpaired) electrons. The molecule has 0 unspecified atom stereocenters. The molecule has 2 aromatic rings. The Morgan fingerprint density at radius 3 is 2.33 bits per heavy atom. The largest absolute Gasteiger partial charge is 0.416 e. The summed E-state index contributed by atoms with van der Waals surface area (Å²) < 4.78 is 37.8. The van der Waals surface area contributed by atoms with Crippen molar-refractivity contribution in [3.05, 3.63) is 63.7 Å². The summed E-state index contributed by atoms with van der Waals surface area (Å²) in [7, 11) is 0. The first-order valence-corrected chi connectivity index (χ1v) is 6.35. The predicted octanol–water partition coefficient (Wildman–Crippen LogP) is 4.48. The van der Waals surface area contributed by atoms with E-state index in [-0.39, 0.29) is 16.7 Å². The van der Waals surface area contributed by atoms with Crippen LogP contribution in [0, 0.1) is 6.92 Å². The lowest BCUT2D eigenvalue weighted by atomic mass is 9.97. The van der Waals surface area contributed by atoms with Crippen LogP contribution in [0.15, 0.2) is 36.4 Å². The minimum Gasteiger partial charge on any atom is -0.399 e. The Bertz CT molecular complexity index is 690. The molecule has 21 heavy (non-hydrogen) atoms. The molecule has 2 N–H and O–H groups in total. The van der Waals surface area contributed by atoms with E-state index >= 15 is 0 Å². The highest BCUT2D eigenvalue weighted by atomic mass is 35.5. The number of benzene rings is 2. The molecule has 2 rings (SSSR count). The van der Waals surface area contributed by atoms with E-state index in [4.69, 9.17) is 17.3 Å². The Balaban J connectivity index is 2.44. The van der Waals surface area contributed by atoms with Gasteiger partial charge in [-0.1, -0.05) is 17.7 Å². The first-order valence-electron chi connectivity index (χ1n) is 5.97. The monoisotopic (exact) mass is 313 g/mol. The van der Waals surface area contributed by atoms with Gasteiger partial charge < -0.3 is 5.73 Å². The number of hydrogen-bond donors (Lipinski definition) is 1. The van der Waals surface area contributed by atoms with E-state index in [2.05, 4.69) is 0 Å². The fourth-order valence-electron chi connectivity index (χ4n) is 1.99. The number of nitrogen functional groups attached to an aromatic ring is 1. The molecular formula is C15H11ClF3NO. The molecule has 0 aromatic heterocycles. The van der Waals surface area contributed by atoms with Gasteiger partial charge in [0.15, 0.2) is 5.78 Å². The van der Waals surface area contributed by atoms with E-state index in [9.17, 15) is 18.0 Å².